The van der Waals surface area contributed by atoms with Gasteiger partial charge < -0.3 is 14.8 Å². The van der Waals surface area contributed by atoms with Crippen LogP contribution in [0.3, 0.4) is 0 Å². The number of nitrogens with one attached hydrogen (secondary N) is 1. The van der Waals surface area contributed by atoms with Gasteiger partial charge in [-0.15, -0.1) is 11.3 Å². The van der Waals surface area contributed by atoms with Crippen LogP contribution in [-0.4, -0.2) is 30.1 Å². The molecule has 0 fully saturated rings. The van der Waals surface area contributed by atoms with Gasteiger partial charge in [-0.1, -0.05) is 30.3 Å². The van der Waals surface area contributed by atoms with Crippen molar-refractivity contribution in [2.75, 3.05) is 11.9 Å². The van der Waals surface area contributed by atoms with Crippen molar-refractivity contribution in [2.24, 2.45) is 0 Å². The summed E-state index contributed by atoms with van der Waals surface area (Å²) in [6, 6.07) is 10.3. The first-order chi connectivity index (χ1) is 14.2. The second-order valence-corrected chi connectivity index (χ2v) is 8.94. The molecule has 0 spiro atoms. The Morgan fingerprint density at radius 3 is 2.53 bits per heavy atom. The van der Waals surface area contributed by atoms with Crippen LogP contribution in [0.4, 0.5) is 5.00 Å². The highest BCUT2D eigenvalue weighted by atomic mass is 32.1. The Labute approximate surface area is 180 Å². The van der Waals surface area contributed by atoms with E-state index in [-0.39, 0.29) is 6.61 Å². The summed E-state index contributed by atoms with van der Waals surface area (Å²) in [5, 5.41) is 3.26. The van der Waals surface area contributed by atoms with E-state index in [1.165, 1.54) is 37.7 Å². The maximum Gasteiger partial charge on any atom is 0.341 e. The Morgan fingerprint density at radius 2 is 1.90 bits per heavy atom. The molecule has 0 aliphatic heterocycles. The lowest BCUT2D eigenvalue weighted by Gasteiger charge is -2.23. The van der Waals surface area contributed by atoms with Crippen LogP contribution in [-0.2, 0) is 31.9 Å². The summed E-state index contributed by atoms with van der Waals surface area (Å²) >= 11 is 1.40. The van der Waals surface area contributed by atoms with Crippen molar-refractivity contribution in [3.05, 3.63) is 51.9 Å². The van der Waals surface area contributed by atoms with Gasteiger partial charge in [-0.05, 0) is 57.1 Å². The number of carbonyl (C=O) groups excluding carboxylic acids is 3. The van der Waals surface area contributed by atoms with Crippen LogP contribution in [0.1, 0.15) is 66.4 Å². The van der Waals surface area contributed by atoms with Crippen LogP contribution < -0.4 is 5.32 Å². The second-order valence-electron chi connectivity index (χ2n) is 7.84. The quantitative estimate of drug-likeness (QED) is 0.685. The zero-order valence-electron chi connectivity index (χ0n) is 17.7. The lowest BCUT2D eigenvalue weighted by atomic mass is 9.83. The summed E-state index contributed by atoms with van der Waals surface area (Å²) in [6.45, 7) is 6.30. The minimum Gasteiger partial charge on any atom is -0.462 e. The number of rotatable bonds is 6. The number of fused-ring (bicyclic) bond motifs is 1. The van der Waals surface area contributed by atoms with Gasteiger partial charge in [-0.3, -0.25) is 9.59 Å². The third kappa shape index (κ3) is 4.73. The summed E-state index contributed by atoms with van der Waals surface area (Å²) in [5.74, 6) is -1.10. The number of amides is 1. The fraction of sp³-hybridized carbons (Fsp3) is 0.435. The zero-order valence-corrected chi connectivity index (χ0v) is 18.6. The Hall–Kier alpha value is -2.67. The largest absolute Gasteiger partial charge is 0.462 e. The number of benzene rings is 1. The highest BCUT2D eigenvalue weighted by Gasteiger charge is 2.35. The molecule has 0 bridgehead atoms. The van der Waals surface area contributed by atoms with Gasteiger partial charge in [0.25, 0.3) is 5.91 Å². The Balaban J connectivity index is 1.92. The number of esters is 2. The molecule has 1 heterocycles. The predicted octanol–water partition coefficient (Wildman–Crippen LogP) is 4.48. The van der Waals surface area contributed by atoms with Gasteiger partial charge in [0.15, 0.2) is 5.60 Å². The molecule has 1 atom stereocenters. The maximum atomic E-state index is 12.8. The monoisotopic (exact) mass is 429 g/mol. The molecule has 6 nitrogen and oxygen atoms in total. The fourth-order valence-electron chi connectivity index (χ4n) is 3.76. The van der Waals surface area contributed by atoms with Crippen LogP contribution >= 0.6 is 11.3 Å². The summed E-state index contributed by atoms with van der Waals surface area (Å²) in [7, 11) is 0. The lowest BCUT2D eigenvalue weighted by Crippen LogP contribution is -2.41. The average molecular weight is 430 g/mol. The SMILES string of the molecule is CCOC(=O)c1c(NC(=O)C(C)(C)OC(C)=O)sc2c1CCC(c1ccccc1)C2. The van der Waals surface area contributed by atoms with Crippen molar-refractivity contribution in [1.82, 2.24) is 0 Å². The number of hydrogen-bond acceptors (Lipinski definition) is 6. The molecular weight excluding hydrogens is 402 g/mol. The molecule has 1 aliphatic carbocycles. The van der Waals surface area contributed by atoms with E-state index in [0.29, 0.717) is 16.5 Å². The van der Waals surface area contributed by atoms with Crippen molar-refractivity contribution in [1.29, 1.82) is 0 Å². The number of ether oxygens (including phenoxy) is 2. The number of carbonyl (C=O) groups is 3. The van der Waals surface area contributed by atoms with Crippen molar-refractivity contribution < 1.29 is 23.9 Å². The molecule has 1 aromatic carbocycles. The molecule has 3 rings (SSSR count). The first kappa shape index (κ1) is 22.0. The summed E-state index contributed by atoms with van der Waals surface area (Å²) in [4.78, 5) is 37.9. The van der Waals surface area contributed by atoms with Gasteiger partial charge in [0.1, 0.15) is 5.00 Å². The number of hydrogen-bond donors (Lipinski definition) is 1. The van der Waals surface area contributed by atoms with Gasteiger partial charge in [0.2, 0.25) is 0 Å². The first-order valence-electron chi connectivity index (χ1n) is 10.1. The molecule has 1 unspecified atom stereocenters. The first-order valence-corrected chi connectivity index (χ1v) is 10.9. The van der Waals surface area contributed by atoms with E-state index in [0.717, 1.165) is 29.7 Å². The molecule has 1 aromatic heterocycles. The van der Waals surface area contributed by atoms with Crippen molar-refractivity contribution >= 4 is 34.2 Å². The Kier molecular flexibility index (Phi) is 6.61. The van der Waals surface area contributed by atoms with Crippen LogP contribution in [0.25, 0.3) is 0 Å². The Bertz CT molecular complexity index is 948. The van der Waals surface area contributed by atoms with Crippen molar-refractivity contribution in [2.45, 2.75) is 58.5 Å². The fourth-order valence-corrected chi connectivity index (χ4v) is 5.07. The van der Waals surface area contributed by atoms with E-state index in [4.69, 9.17) is 9.47 Å². The highest BCUT2D eigenvalue weighted by Crippen LogP contribution is 2.43. The summed E-state index contributed by atoms with van der Waals surface area (Å²) in [5.41, 5.74) is 1.30. The second kappa shape index (κ2) is 9.00. The van der Waals surface area contributed by atoms with Gasteiger partial charge in [-0.25, -0.2) is 4.79 Å². The van der Waals surface area contributed by atoms with E-state index in [1.54, 1.807) is 6.92 Å². The molecular formula is C23H27NO5S. The van der Waals surface area contributed by atoms with Crippen LogP contribution in [0.5, 0.6) is 0 Å². The van der Waals surface area contributed by atoms with Crippen LogP contribution in [0.15, 0.2) is 30.3 Å². The standard InChI is InChI=1S/C23H27NO5S/c1-5-28-21(26)19-17-12-11-16(15-9-7-6-8-10-15)13-18(17)30-20(19)24-22(27)23(3,4)29-14(2)25/h6-10,16H,5,11-13H2,1-4H3,(H,24,27). The van der Waals surface area contributed by atoms with E-state index in [2.05, 4.69) is 17.4 Å². The number of thiophene rings is 1. The van der Waals surface area contributed by atoms with E-state index < -0.39 is 23.4 Å². The van der Waals surface area contributed by atoms with Crippen LogP contribution in [0, 0.1) is 0 Å². The smallest absolute Gasteiger partial charge is 0.341 e. The highest BCUT2D eigenvalue weighted by molar-refractivity contribution is 7.17. The lowest BCUT2D eigenvalue weighted by molar-refractivity contribution is -0.160. The van der Waals surface area contributed by atoms with Crippen molar-refractivity contribution in [3.63, 3.8) is 0 Å². The molecule has 0 saturated carbocycles. The third-order valence-corrected chi connectivity index (χ3v) is 6.36. The van der Waals surface area contributed by atoms with Crippen molar-refractivity contribution in [3.8, 4) is 0 Å². The summed E-state index contributed by atoms with van der Waals surface area (Å²) in [6.07, 6.45) is 2.47. The van der Waals surface area contributed by atoms with E-state index in [1.807, 2.05) is 18.2 Å². The predicted molar refractivity (Wildman–Crippen MR) is 116 cm³/mol. The molecule has 1 aliphatic rings. The number of anilines is 1. The molecule has 7 heteroatoms. The molecule has 160 valence electrons. The average Bonchev–Trinajstić information content (AvgIpc) is 3.04. The zero-order chi connectivity index (χ0) is 21.9. The van der Waals surface area contributed by atoms with Gasteiger partial charge in [0, 0.05) is 11.8 Å². The van der Waals surface area contributed by atoms with Gasteiger partial charge in [0.05, 0.1) is 12.2 Å². The molecule has 30 heavy (non-hydrogen) atoms. The topological polar surface area (TPSA) is 81.7 Å². The van der Waals surface area contributed by atoms with E-state index >= 15 is 0 Å². The normalized spacial score (nSPS) is 15.8. The molecule has 1 amide bonds. The van der Waals surface area contributed by atoms with Gasteiger partial charge >= 0.3 is 11.9 Å². The van der Waals surface area contributed by atoms with E-state index in [9.17, 15) is 14.4 Å². The Morgan fingerprint density at radius 1 is 1.20 bits per heavy atom. The summed E-state index contributed by atoms with van der Waals surface area (Å²) < 4.78 is 10.4. The minimum atomic E-state index is -1.35. The molecule has 2 aromatic rings. The molecule has 0 saturated heterocycles. The molecule has 0 radical (unpaired) electrons. The van der Waals surface area contributed by atoms with Gasteiger partial charge in [-0.2, -0.15) is 0 Å². The minimum absolute atomic E-state index is 0.252. The third-order valence-electron chi connectivity index (χ3n) is 5.19. The molecule has 1 N–H and O–H groups in total. The maximum absolute atomic E-state index is 12.8. The van der Waals surface area contributed by atoms with Crippen LogP contribution in [0.2, 0.25) is 0 Å².